The van der Waals surface area contributed by atoms with Gasteiger partial charge in [0, 0.05) is 0 Å². The highest BCUT2D eigenvalue weighted by atomic mass is 16.3. The molecule has 2 aliphatic rings. The predicted molar refractivity (Wildman–Crippen MR) is 63.7 cm³/mol. The van der Waals surface area contributed by atoms with Gasteiger partial charge < -0.3 is 5.11 Å². The summed E-state index contributed by atoms with van der Waals surface area (Å²) in [7, 11) is 0. The lowest BCUT2D eigenvalue weighted by Crippen LogP contribution is -2.26. The molecule has 0 spiro atoms. The number of aliphatic hydroxyl groups is 1. The van der Waals surface area contributed by atoms with Crippen LogP contribution >= 0.6 is 0 Å². The molecule has 1 nitrogen and oxygen atoms in total. The lowest BCUT2D eigenvalue weighted by atomic mass is 9.81. The van der Waals surface area contributed by atoms with E-state index in [9.17, 15) is 5.11 Å². The molecule has 1 N–H and O–H groups in total. The third-order valence-corrected chi connectivity index (χ3v) is 4.72. The molecule has 1 heteroatoms. The van der Waals surface area contributed by atoms with Crippen LogP contribution < -0.4 is 0 Å². The molecule has 0 aliphatic heterocycles. The van der Waals surface area contributed by atoms with E-state index < -0.39 is 0 Å². The Morgan fingerprint density at radius 3 is 2.33 bits per heavy atom. The van der Waals surface area contributed by atoms with Gasteiger partial charge in [0.05, 0.1) is 6.10 Å². The second-order valence-electron chi connectivity index (χ2n) is 5.88. The fraction of sp³-hybridized carbons (Fsp3) is 1.00. The van der Waals surface area contributed by atoms with Crippen LogP contribution in [-0.4, -0.2) is 11.2 Å². The van der Waals surface area contributed by atoms with E-state index in [4.69, 9.17) is 0 Å². The quantitative estimate of drug-likeness (QED) is 0.752. The SMILES string of the molecule is CC1CCCC1C(O)CC1CCCCC1. The van der Waals surface area contributed by atoms with Gasteiger partial charge in [0.25, 0.3) is 0 Å². The first-order valence-corrected chi connectivity index (χ1v) is 6.95. The van der Waals surface area contributed by atoms with Crippen molar-refractivity contribution in [2.75, 3.05) is 0 Å². The first-order chi connectivity index (χ1) is 7.27. The number of hydrogen-bond donors (Lipinski definition) is 1. The third kappa shape index (κ3) is 2.96. The molecule has 0 radical (unpaired) electrons. The Morgan fingerprint density at radius 1 is 1.00 bits per heavy atom. The molecular formula is C14H26O. The zero-order valence-corrected chi connectivity index (χ0v) is 10.1. The van der Waals surface area contributed by atoms with Crippen LogP contribution in [0.2, 0.25) is 0 Å². The van der Waals surface area contributed by atoms with Gasteiger partial charge in [-0.15, -0.1) is 0 Å². The van der Waals surface area contributed by atoms with E-state index in [-0.39, 0.29) is 6.10 Å². The fourth-order valence-electron chi connectivity index (χ4n) is 3.68. The number of aliphatic hydroxyl groups excluding tert-OH is 1. The third-order valence-electron chi connectivity index (χ3n) is 4.72. The van der Waals surface area contributed by atoms with E-state index in [0.717, 1.165) is 18.3 Å². The van der Waals surface area contributed by atoms with E-state index in [1.54, 1.807) is 0 Å². The Kier molecular flexibility index (Phi) is 4.07. The van der Waals surface area contributed by atoms with Crippen LogP contribution in [0.15, 0.2) is 0 Å². The van der Waals surface area contributed by atoms with Gasteiger partial charge in [0.2, 0.25) is 0 Å². The van der Waals surface area contributed by atoms with Crippen LogP contribution in [0.4, 0.5) is 0 Å². The van der Waals surface area contributed by atoms with Crippen molar-refractivity contribution >= 4 is 0 Å². The summed E-state index contributed by atoms with van der Waals surface area (Å²) >= 11 is 0. The monoisotopic (exact) mass is 210 g/mol. The summed E-state index contributed by atoms with van der Waals surface area (Å²) in [6, 6.07) is 0. The van der Waals surface area contributed by atoms with Crippen LogP contribution in [0.3, 0.4) is 0 Å². The van der Waals surface area contributed by atoms with Crippen LogP contribution in [-0.2, 0) is 0 Å². The Labute approximate surface area is 94.3 Å². The van der Waals surface area contributed by atoms with Crippen LogP contribution in [0.1, 0.15) is 64.7 Å². The molecule has 88 valence electrons. The van der Waals surface area contributed by atoms with Gasteiger partial charge in [-0.25, -0.2) is 0 Å². The zero-order valence-electron chi connectivity index (χ0n) is 10.1. The van der Waals surface area contributed by atoms with Crippen molar-refractivity contribution in [2.45, 2.75) is 70.8 Å². The van der Waals surface area contributed by atoms with Crippen molar-refractivity contribution in [1.82, 2.24) is 0 Å². The summed E-state index contributed by atoms with van der Waals surface area (Å²) in [6.07, 6.45) is 12.0. The molecule has 3 unspecified atom stereocenters. The molecule has 0 amide bonds. The lowest BCUT2D eigenvalue weighted by molar-refractivity contribution is 0.0598. The first kappa shape index (κ1) is 11.4. The van der Waals surface area contributed by atoms with Gasteiger partial charge in [-0.1, -0.05) is 51.9 Å². The van der Waals surface area contributed by atoms with Gasteiger partial charge in [0.1, 0.15) is 0 Å². The summed E-state index contributed by atoms with van der Waals surface area (Å²) in [6.45, 7) is 2.32. The van der Waals surface area contributed by atoms with Crippen LogP contribution in [0, 0.1) is 17.8 Å². The highest BCUT2D eigenvalue weighted by Gasteiger charge is 2.31. The van der Waals surface area contributed by atoms with Crippen molar-refractivity contribution < 1.29 is 5.11 Å². The van der Waals surface area contributed by atoms with Crippen LogP contribution in [0.25, 0.3) is 0 Å². The molecule has 3 atom stereocenters. The highest BCUT2D eigenvalue weighted by molar-refractivity contribution is 4.82. The maximum Gasteiger partial charge on any atom is 0.0573 e. The number of rotatable bonds is 3. The molecule has 15 heavy (non-hydrogen) atoms. The molecule has 0 saturated heterocycles. The van der Waals surface area contributed by atoms with E-state index in [0.29, 0.717) is 5.92 Å². The van der Waals surface area contributed by atoms with Gasteiger partial charge in [-0.2, -0.15) is 0 Å². The van der Waals surface area contributed by atoms with Gasteiger partial charge in [0.15, 0.2) is 0 Å². The van der Waals surface area contributed by atoms with Crippen molar-refractivity contribution in [2.24, 2.45) is 17.8 Å². The summed E-state index contributed by atoms with van der Waals surface area (Å²) in [4.78, 5) is 0. The molecule has 2 fully saturated rings. The Morgan fingerprint density at radius 2 is 1.73 bits per heavy atom. The molecule has 2 rings (SSSR count). The average Bonchev–Trinajstić information content (AvgIpc) is 2.66. The number of hydrogen-bond acceptors (Lipinski definition) is 1. The van der Waals surface area contributed by atoms with E-state index in [2.05, 4.69) is 6.92 Å². The zero-order chi connectivity index (χ0) is 10.7. The maximum atomic E-state index is 10.3. The Bertz CT molecular complexity index is 184. The standard InChI is InChI=1S/C14H26O/c1-11-6-5-9-13(11)14(15)10-12-7-3-2-4-8-12/h11-15H,2-10H2,1H3. The van der Waals surface area contributed by atoms with Gasteiger partial charge in [-0.05, 0) is 30.6 Å². The largest absolute Gasteiger partial charge is 0.393 e. The van der Waals surface area contributed by atoms with Gasteiger partial charge >= 0.3 is 0 Å². The van der Waals surface area contributed by atoms with Crippen molar-refractivity contribution in [3.63, 3.8) is 0 Å². The summed E-state index contributed by atoms with van der Waals surface area (Å²) < 4.78 is 0. The van der Waals surface area contributed by atoms with Crippen LogP contribution in [0.5, 0.6) is 0 Å². The molecule has 2 saturated carbocycles. The van der Waals surface area contributed by atoms with Crippen molar-refractivity contribution in [3.05, 3.63) is 0 Å². The maximum absolute atomic E-state index is 10.3. The van der Waals surface area contributed by atoms with E-state index in [1.165, 1.54) is 51.4 Å². The Hall–Kier alpha value is -0.0400. The minimum atomic E-state index is 0.00519. The topological polar surface area (TPSA) is 20.2 Å². The molecule has 0 heterocycles. The lowest BCUT2D eigenvalue weighted by Gasteiger charge is -2.28. The minimum absolute atomic E-state index is 0.00519. The molecule has 0 aromatic rings. The Balaban J connectivity index is 1.77. The first-order valence-electron chi connectivity index (χ1n) is 6.95. The van der Waals surface area contributed by atoms with Crippen molar-refractivity contribution in [3.8, 4) is 0 Å². The van der Waals surface area contributed by atoms with Crippen molar-refractivity contribution in [1.29, 1.82) is 0 Å². The summed E-state index contributed by atoms with van der Waals surface area (Å²) in [5.74, 6) is 2.22. The van der Waals surface area contributed by atoms with E-state index >= 15 is 0 Å². The molecule has 2 aliphatic carbocycles. The molecular weight excluding hydrogens is 184 g/mol. The summed E-state index contributed by atoms with van der Waals surface area (Å²) in [5, 5.41) is 10.3. The molecule has 0 bridgehead atoms. The fourth-order valence-corrected chi connectivity index (χ4v) is 3.68. The normalized spacial score (nSPS) is 35.6. The minimum Gasteiger partial charge on any atom is -0.393 e. The summed E-state index contributed by atoms with van der Waals surface area (Å²) in [5.41, 5.74) is 0. The smallest absolute Gasteiger partial charge is 0.0573 e. The average molecular weight is 210 g/mol. The second-order valence-corrected chi connectivity index (χ2v) is 5.88. The molecule has 0 aromatic heterocycles. The second kappa shape index (κ2) is 5.34. The van der Waals surface area contributed by atoms with E-state index in [1.807, 2.05) is 0 Å². The predicted octanol–water partition coefficient (Wildman–Crippen LogP) is 3.75. The highest BCUT2D eigenvalue weighted by Crippen LogP contribution is 2.37. The van der Waals surface area contributed by atoms with Gasteiger partial charge in [-0.3, -0.25) is 0 Å². The molecule has 0 aromatic carbocycles.